The smallest absolute Gasteiger partial charge is 0.163 e. The number of hydrogen-bond donors (Lipinski definition) is 1. The first kappa shape index (κ1) is 16.3. The van der Waals surface area contributed by atoms with Crippen LogP contribution in [0.1, 0.15) is 34.1 Å². The third kappa shape index (κ3) is 4.73. The average molecular weight is 309 g/mol. The zero-order chi connectivity index (χ0) is 15.3. The van der Waals surface area contributed by atoms with Gasteiger partial charge in [0.25, 0.3) is 0 Å². The molecular weight excluding hydrogens is 282 g/mol. The van der Waals surface area contributed by atoms with E-state index in [1.165, 1.54) is 17.9 Å². The minimum Gasteiger partial charge on any atom is -0.490 e. The van der Waals surface area contributed by atoms with Crippen molar-refractivity contribution >= 4 is 17.4 Å². The molecule has 0 aliphatic carbocycles. The monoisotopic (exact) mass is 309 g/mol. The Morgan fingerprint density at radius 1 is 1.19 bits per heavy atom. The van der Waals surface area contributed by atoms with E-state index in [0.717, 1.165) is 17.2 Å². The number of anilines is 1. The second kappa shape index (κ2) is 7.30. The highest BCUT2D eigenvalue weighted by molar-refractivity contribution is 7.99. The maximum Gasteiger partial charge on any atom is 0.163 e. The second-order valence-corrected chi connectivity index (χ2v) is 7.28. The molecule has 0 bridgehead atoms. The topological polar surface area (TPSA) is 30.5 Å². The summed E-state index contributed by atoms with van der Waals surface area (Å²) in [6.45, 7) is 9.98. The fourth-order valence-corrected chi connectivity index (χ4v) is 4.01. The van der Waals surface area contributed by atoms with Crippen molar-refractivity contribution in [3.63, 3.8) is 0 Å². The quantitative estimate of drug-likeness (QED) is 0.842. The van der Waals surface area contributed by atoms with Crippen LogP contribution in [0.25, 0.3) is 0 Å². The fraction of sp³-hybridized carbons (Fsp3) is 0.647. The number of benzene rings is 1. The molecule has 1 fully saturated rings. The average Bonchev–Trinajstić information content (AvgIpc) is 2.41. The van der Waals surface area contributed by atoms with E-state index in [0.29, 0.717) is 24.7 Å². The summed E-state index contributed by atoms with van der Waals surface area (Å²) in [6.07, 6.45) is 1.21. The fourth-order valence-electron chi connectivity index (χ4n) is 2.73. The molecule has 1 heterocycles. The number of thioether (sulfide) groups is 1. The molecule has 1 aliphatic rings. The Hall–Kier alpha value is -1.03. The van der Waals surface area contributed by atoms with Gasteiger partial charge < -0.3 is 14.8 Å². The van der Waals surface area contributed by atoms with Crippen molar-refractivity contribution in [1.29, 1.82) is 0 Å². The molecule has 1 saturated heterocycles. The highest BCUT2D eigenvalue weighted by Crippen LogP contribution is 2.36. The Bertz CT molecular complexity index is 462. The summed E-state index contributed by atoms with van der Waals surface area (Å²) < 4.78 is 11.3. The molecule has 1 aromatic rings. The Labute approximate surface area is 132 Å². The van der Waals surface area contributed by atoms with Gasteiger partial charge in [-0.25, -0.2) is 0 Å². The lowest BCUT2D eigenvalue weighted by atomic mass is 9.88. The maximum atomic E-state index is 5.69. The minimum absolute atomic E-state index is 0.411. The summed E-state index contributed by atoms with van der Waals surface area (Å²) in [5.74, 6) is 4.06. The SMILES string of the molecule is CCOc1ccc(NC2CSCC(C)(C)C2)cc1OCC. The van der Waals surface area contributed by atoms with Gasteiger partial charge in [0.1, 0.15) is 0 Å². The van der Waals surface area contributed by atoms with Gasteiger partial charge in [-0.15, -0.1) is 0 Å². The van der Waals surface area contributed by atoms with Crippen molar-refractivity contribution in [2.45, 2.75) is 40.2 Å². The van der Waals surface area contributed by atoms with Crippen molar-refractivity contribution in [3.05, 3.63) is 18.2 Å². The largest absolute Gasteiger partial charge is 0.490 e. The lowest BCUT2D eigenvalue weighted by molar-refractivity contribution is 0.288. The van der Waals surface area contributed by atoms with E-state index in [1.54, 1.807) is 0 Å². The van der Waals surface area contributed by atoms with E-state index in [1.807, 2.05) is 31.7 Å². The van der Waals surface area contributed by atoms with Gasteiger partial charge in [0, 0.05) is 23.5 Å². The van der Waals surface area contributed by atoms with Gasteiger partial charge in [-0.2, -0.15) is 11.8 Å². The van der Waals surface area contributed by atoms with Crippen molar-refractivity contribution in [3.8, 4) is 11.5 Å². The summed E-state index contributed by atoms with van der Waals surface area (Å²) in [5.41, 5.74) is 1.53. The molecule has 3 nitrogen and oxygen atoms in total. The lowest BCUT2D eigenvalue weighted by Crippen LogP contribution is -2.35. The molecule has 21 heavy (non-hydrogen) atoms. The van der Waals surface area contributed by atoms with Crippen LogP contribution in [-0.2, 0) is 0 Å². The van der Waals surface area contributed by atoms with Crippen molar-refractivity contribution in [2.75, 3.05) is 30.0 Å². The first-order valence-electron chi connectivity index (χ1n) is 7.78. The van der Waals surface area contributed by atoms with E-state index in [-0.39, 0.29) is 0 Å². The molecule has 0 saturated carbocycles. The Morgan fingerprint density at radius 3 is 2.57 bits per heavy atom. The zero-order valence-corrected chi connectivity index (χ0v) is 14.4. The Morgan fingerprint density at radius 2 is 1.90 bits per heavy atom. The highest BCUT2D eigenvalue weighted by atomic mass is 32.2. The van der Waals surface area contributed by atoms with E-state index in [4.69, 9.17) is 9.47 Å². The van der Waals surface area contributed by atoms with Crippen LogP contribution < -0.4 is 14.8 Å². The van der Waals surface area contributed by atoms with Crippen LogP contribution >= 0.6 is 11.8 Å². The van der Waals surface area contributed by atoms with Gasteiger partial charge in [-0.1, -0.05) is 13.8 Å². The molecule has 0 radical (unpaired) electrons. The molecule has 2 rings (SSSR count). The van der Waals surface area contributed by atoms with Crippen LogP contribution in [0.15, 0.2) is 18.2 Å². The molecule has 1 atom stereocenters. The maximum absolute atomic E-state index is 5.69. The van der Waals surface area contributed by atoms with E-state index in [2.05, 4.69) is 31.3 Å². The van der Waals surface area contributed by atoms with Gasteiger partial charge in [0.15, 0.2) is 11.5 Å². The summed E-state index contributed by atoms with van der Waals surface area (Å²) in [7, 11) is 0. The summed E-state index contributed by atoms with van der Waals surface area (Å²) >= 11 is 2.04. The molecular formula is C17H27NO2S. The van der Waals surface area contributed by atoms with Gasteiger partial charge in [-0.05, 0) is 43.6 Å². The minimum atomic E-state index is 0.411. The Balaban J connectivity index is 2.07. The normalized spacial score (nSPS) is 20.9. The number of rotatable bonds is 6. The summed E-state index contributed by atoms with van der Waals surface area (Å²) in [5, 5.41) is 3.65. The van der Waals surface area contributed by atoms with E-state index in [9.17, 15) is 0 Å². The van der Waals surface area contributed by atoms with Gasteiger partial charge >= 0.3 is 0 Å². The van der Waals surface area contributed by atoms with E-state index < -0.39 is 0 Å². The van der Waals surface area contributed by atoms with Crippen molar-refractivity contribution in [1.82, 2.24) is 0 Å². The summed E-state index contributed by atoms with van der Waals surface area (Å²) in [4.78, 5) is 0. The van der Waals surface area contributed by atoms with Crippen molar-refractivity contribution < 1.29 is 9.47 Å². The molecule has 1 aromatic carbocycles. The molecule has 0 aromatic heterocycles. The number of ether oxygens (including phenoxy) is 2. The number of nitrogens with one attached hydrogen (secondary N) is 1. The first-order chi connectivity index (χ1) is 10.0. The third-order valence-corrected chi connectivity index (χ3v) is 5.15. The molecule has 0 spiro atoms. The van der Waals surface area contributed by atoms with Crippen LogP contribution in [0.5, 0.6) is 11.5 Å². The van der Waals surface area contributed by atoms with Crippen LogP contribution in [0.2, 0.25) is 0 Å². The van der Waals surface area contributed by atoms with Crippen LogP contribution in [-0.4, -0.2) is 30.8 Å². The third-order valence-electron chi connectivity index (χ3n) is 3.53. The van der Waals surface area contributed by atoms with Gasteiger partial charge in [-0.3, -0.25) is 0 Å². The highest BCUT2D eigenvalue weighted by Gasteiger charge is 2.28. The molecule has 118 valence electrons. The second-order valence-electron chi connectivity index (χ2n) is 6.25. The Kier molecular flexibility index (Phi) is 5.68. The molecule has 1 unspecified atom stereocenters. The van der Waals surface area contributed by atoms with Gasteiger partial charge in [0.05, 0.1) is 13.2 Å². The molecule has 1 N–H and O–H groups in total. The molecule has 4 heteroatoms. The lowest BCUT2D eigenvalue weighted by Gasteiger charge is -2.35. The zero-order valence-electron chi connectivity index (χ0n) is 13.6. The standard InChI is InChI=1S/C17H27NO2S/c1-5-19-15-8-7-13(9-16(15)20-6-2)18-14-10-17(3,4)12-21-11-14/h7-9,14,18H,5-6,10-12H2,1-4H3. The molecule has 0 amide bonds. The van der Waals surface area contributed by atoms with E-state index >= 15 is 0 Å². The van der Waals surface area contributed by atoms with Gasteiger partial charge in [0.2, 0.25) is 0 Å². The summed E-state index contributed by atoms with van der Waals surface area (Å²) in [6, 6.07) is 6.66. The van der Waals surface area contributed by atoms with Crippen LogP contribution in [0.4, 0.5) is 5.69 Å². The molecule has 1 aliphatic heterocycles. The van der Waals surface area contributed by atoms with Crippen molar-refractivity contribution in [2.24, 2.45) is 5.41 Å². The van der Waals surface area contributed by atoms with Crippen LogP contribution in [0.3, 0.4) is 0 Å². The predicted molar refractivity (Wildman–Crippen MR) is 91.9 cm³/mol. The first-order valence-corrected chi connectivity index (χ1v) is 8.93. The van der Waals surface area contributed by atoms with Crippen LogP contribution in [0, 0.1) is 5.41 Å². The number of hydrogen-bond acceptors (Lipinski definition) is 4. The predicted octanol–water partition coefficient (Wildman–Crippen LogP) is 4.43.